The fraction of sp³-hybridized carbons (Fsp3) is 0.679. The minimum Gasteiger partial charge on any atom is -0.463 e. The van der Waals surface area contributed by atoms with Crippen LogP contribution in [0.25, 0.3) is 0 Å². The van der Waals surface area contributed by atoms with E-state index in [-0.39, 0.29) is 0 Å². The predicted molar refractivity (Wildman–Crippen MR) is 147 cm³/mol. The molecule has 20 heteroatoms. The Bertz CT molecular complexity index is 1280. The van der Waals surface area contributed by atoms with Crippen LogP contribution in [-0.4, -0.2) is 122 Å². The maximum absolute atomic E-state index is 13.9. The molecule has 2 aliphatic heterocycles. The molecule has 0 aromatic heterocycles. The summed E-state index contributed by atoms with van der Waals surface area (Å²) in [4.78, 5) is 110. The lowest BCUT2D eigenvalue weighted by atomic mass is 9.95. The standard InChI is InChI=1S/C28H37NO19/c1-10(30)39-9-18-19(40-11(2)31)20(41-12(3)32)24(44-15(6)35)27(47-18)29-26(38)23-21(42-13(4)33)22(43-14(5)34)25(45-16(7)36)28(48-23)46-17(8)37/h18-25,27-28H,9H2,1-8H3,(H,29,38)/t18-,19-,20+,21+,22+,23+,24-,25-,27-,28-/m1/s1. The third kappa shape index (κ3) is 11.4. The Morgan fingerprint density at radius 3 is 1.31 bits per heavy atom. The molecule has 0 saturated carbocycles. The number of carbonyl (C=O) groups is 9. The Morgan fingerprint density at radius 2 is 0.854 bits per heavy atom. The van der Waals surface area contributed by atoms with E-state index in [1.165, 1.54) is 0 Å². The number of ether oxygens (including phenoxy) is 10. The summed E-state index contributed by atoms with van der Waals surface area (Å²) in [6, 6.07) is 0. The molecule has 2 fully saturated rings. The van der Waals surface area contributed by atoms with Gasteiger partial charge < -0.3 is 52.7 Å². The first-order valence-electron chi connectivity index (χ1n) is 14.3. The van der Waals surface area contributed by atoms with Crippen LogP contribution in [0, 0.1) is 0 Å². The van der Waals surface area contributed by atoms with Crippen LogP contribution in [0.2, 0.25) is 0 Å². The van der Waals surface area contributed by atoms with Gasteiger partial charge in [0.05, 0.1) is 0 Å². The van der Waals surface area contributed by atoms with Crippen LogP contribution < -0.4 is 5.32 Å². The Morgan fingerprint density at radius 1 is 0.458 bits per heavy atom. The first kappa shape index (κ1) is 39.3. The molecular weight excluding hydrogens is 654 g/mol. The molecule has 2 aliphatic rings. The third-order valence-corrected chi connectivity index (χ3v) is 6.22. The Balaban J connectivity index is 2.65. The van der Waals surface area contributed by atoms with Crippen molar-refractivity contribution < 1.29 is 90.5 Å². The zero-order valence-corrected chi connectivity index (χ0v) is 27.2. The van der Waals surface area contributed by atoms with E-state index in [0.717, 1.165) is 55.4 Å². The van der Waals surface area contributed by atoms with Crippen LogP contribution in [0.15, 0.2) is 0 Å². The van der Waals surface area contributed by atoms with Crippen molar-refractivity contribution in [2.24, 2.45) is 0 Å². The molecule has 1 N–H and O–H groups in total. The molecule has 2 heterocycles. The topological polar surface area (TPSA) is 258 Å². The van der Waals surface area contributed by atoms with E-state index in [1.807, 2.05) is 0 Å². The van der Waals surface area contributed by atoms with Crippen molar-refractivity contribution in [2.45, 2.75) is 117 Å². The lowest BCUT2D eigenvalue weighted by Crippen LogP contribution is -2.69. The molecule has 0 aliphatic carbocycles. The van der Waals surface area contributed by atoms with Gasteiger partial charge in [-0.25, -0.2) is 0 Å². The zero-order valence-electron chi connectivity index (χ0n) is 27.2. The van der Waals surface area contributed by atoms with Crippen molar-refractivity contribution in [3.8, 4) is 0 Å². The highest BCUT2D eigenvalue weighted by Crippen LogP contribution is 2.32. The maximum atomic E-state index is 13.9. The highest BCUT2D eigenvalue weighted by Gasteiger charge is 2.57. The van der Waals surface area contributed by atoms with Crippen molar-refractivity contribution in [3.05, 3.63) is 0 Å². The van der Waals surface area contributed by atoms with Gasteiger partial charge in [0.25, 0.3) is 5.91 Å². The number of carbonyl (C=O) groups excluding carboxylic acids is 9. The smallest absolute Gasteiger partial charge is 0.305 e. The number of hydrogen-bond acceptors (Lipinski definition) is 19. The fourth-order valence-electron chi connectivity index (χ4n) is 4.81. The molecule has 0 unspecified atom stereocenters. The SMILES string of the molecule is CC(=O)OC[C@H]1O[C@@H](NC(=O)[C@H]2O[C@@H](OC(C)=O)[C@H](OC(C)=O)[C@@H](OC(C)=O)[C@@H]2OC(C)=O)[C@H](OC(C)=O)[C@@H](OC(C)=O)[C@@H]1OC(C)=O. The number of hydrogen-bond donors (Lipinski definition) is 1. The average molecular weight is 692 g/mol. The Labute approximate surface area is 273 Å². The van der Waals surface area contributed by atoms with Crippen LogP contribution in [0.1, 0.15) is 55.4 Å². The number of nitrogens with one attached hydrogen (secondary N) is 1. The van der Waals surface area contributed by atoms with Crippen LogP contribution in [-0.2, 0) is 90.5 Å². The molecule has 0 aromatic carbocycles. The minimum absolute atomic E-state index is 0.618. The van der Waals surface area contributed by atoms with Crippen molar-refractivity contribution >= 4 is 53.7 Å². The predicted octanol–water partition coefficient (Wildman–Crippen LogP) is -1.73. The van der Waals surface area contributed by atoms with Crippen molar-refractivity contribution in [1.29, 1.82) is 0 Å². The summed E-state index contributed by atoms with van der Waals surface area (Å²) in [6.45, 7) is 7.25. The van der Waals surface area contributed by atoms with Gasteiger partial charge in [-0.3, -0.25) is 43.2 Å². The lowest BCUT2D eigenvalue weighted by Gasteiger charge is -2.46. The van der Waals surface area contributed by atoms with E-state index in [4.69, 9.17) is 47.4 Å². The Kier molecular flexibility index (Phi) is 14.2. The van der Waals surface area contributed by atoms with E-state index in [1.54, 1.807) is 0 Å². The molecule has 0 bridgehead atoms. The molecule has 0 aromatic rings. The van der Waals surface area contributed by atoms with E-state index < -0.39 is 122 Å². The van der Waals surface area contributed by atoms with Gasteiger partial charge in [-0.05, 0) is 0 Å². The summed E-state index contributed by atoms with van der Waals surface area (Å²) in [5.74, 6) is -8.80. The summed E-state index contributed by atoms with van der Waals surface area (Å²) in [7, 11) is 0. The number of rotatable bonds is 11. The molecule has 0 spiro atoms. The van der Waals surface area contributed by atoms with E-state index in [0.29, 0.717) is 0 Å². The van der Waals surface area contributed by atoms with Crippen LogP contribution in [0.4, 0.5) is 0 Å². The number of esters is 8. The summed E-state index contributed by atoms with van der Waals surface area (Å²) in [5.41, 5.74) is 0. The molecule has 20 nitrogen and oxygen atoms in total. The van der Waals surface area contributed by atoms with Crippen LogP contribution in [0.3, 0.4) is 0 Å². The molecule has 48 heavy (non-hydrogen) atoms. The number of amides is 1. The Hall–Kier alpha value is -4.85. The van der Waals surface area contributed by atoms with Gasteiger partial charge in [0.1, 0.15) is 12.7 Å². The summed E-state index contributed by atoms with van der Waals surface area (Å²) in [6.07, 6.45) is -17.5. The summed E-state index contributed by atoms with van der Waals surface area (Å²) < 4.78 is 53.2. The van der Waals surface area contributed by atoms with Gasteiger partial charge in [-0.15, -0.1) is 0 Å². The third-order valence-electron chi connectivity index (χ3n) is 6.22. The second-order valence-electron chi connectivity index (χ2n) is 10.4. The van der Waals surface area contributed by atoms with Gasteiger partial charge in [0, 0.05) is 55.4 Å². The molecule has 268 valence electrons. The highest BCUT2D eigenvalue weighted by atomic mass is 16.7. The molecule has 2 saturated heterocycles. The highest BCUT2D eigenvalue weighted by molar-refractivity contribution is 5.83. The summed E-state index contributed by atoms with van der Waals surface area (Å²) in [5, 5.41) is 2.33. The average Bonchev–Trinajstić information content (AvgIpc) is 2.92. The van der Waals surface area contributed by atoms with Gasteiger partial charge in [-0.1, -0.05) is 0 Å². The first-order chi connectivity index (χ1) is 22.3. The molecule has 10 atom stereocenters. The second-order valence-corrected chi connectivity index (χ2v) is 10.4. The van der Waals surface area contributed by atoms with Crippen LogP contribution >= 0.6 is 0 Å². The van der Waals surface area contributed by atoms with Gasteiger partial charge in [0.15, 0.2) is 42.9 Å². The molecular formula is C28H37NO19. The van der Waals surface area contributed by atoms with Gasteiger partial charge >= 0.3 is 47.8 Å². The van der Waals surface area contributed by atoms with E-state index >= 15 is 0 Å². The van der Waals surface area contributed by atoms with Crippen molar-refractivity contribution in [3.63, 3.8) is 0 Å². The normalized spacial score (nSPS) is 29.5. The monoisotopic (exact) mass is 691 g/mol. The van der Waals surface area contributed by atoms with E-state index in [9.17, 15) is 43.2 Å². The molecule has 1 amide bonds. The molecule has 0 radical (unpaired) electrons. The fourth-order valence-corrected chi connectivity index (χ4v) is 4.81. The maximum Gasteiger partial charge on any atom is 0.305 e. The zero-order chi connectivity index (χ0) is 36.5. The van der Waals surface area contributed by atoms with Crippen LogP contribution in [0.5, 0.6) is 0 Å². The quantitative estimate of drug-likeness (QED) is 0.186. The molecule has 2 rings (SSSR count). The first-order valence-corrected chi connectivity index (χ1v) is 14.3. The van der Waals surface area contributed by atoms with Crippen molar-refractivity contribution in [2.75, 3.05) is 6.61 Å². The summed E-state index contributed by atoms with van der Waals surface area (Å²) >= 11 is 0. The van der Waals surface area contributed by atoms with Gasteiger partial charge in [-0.2, -0.15) is 0 Å². The van der Waals surface area contributed by atoms with Gasteiger partial charge in [0.2, 0.25) is 12.4 Å². The van der Waals surface area contributed by atoms with E-state index in [2.05, 4.69) is 5.32 Å². The minimum atomic E-state index is -2.03. The second kappa shape index (κ2) is 17.3. The largest absolute Gasteiger partial charge is 0.463 e. The lowest BCUT2D eigenvalue weighted by molar-refractivity contribution is -0.292. The van der Waals surface area contributed by atoms with Crippen molar-refractivity contribution in [1.82, 2.24) is 5.32 Å².